The Morgan fingerprint density at radius 3 is 2.17 bits per heavy atom. The third kappa shape index (κ3) is 6.70. The van der Waals surface area contributed by atoms with E-state index in [2.05, 4.69) is 5.32 Å². The number of carbonyl (C=O) groups is 2. The van der Waals surface area contributed by atoms with Crippen molar-refractivity contribution in [1.29, 1.82) is 0 Å². The van der Waals surface area contributed by atoms with Crippen molar-refractivity contribution in [2.45, 2.75) is 69.5 Å². The van der Waals surface area contributed by atoms with E-state index >= 15 is 0 Å². The number of carbonyl (C=O) groups excluding carboxylic acids is 2. The highest BCUT2D eigenvalue weighted by molar-refractivity contribution is 7.92. The average Bonchev–Trinajstić information content (AvgIpc) is 3.48. The van der Waals surface area contributed by atoms with Crippen molar-refractivity contribution in [2.75, 3.05) is 10.8 Å². The monoisotopic (exact) mass is 565 g/mol. The maximum Gasteiger partial charge on any atom is 0.264 e. The van der Waals surface area contributed by atoms with Crippen molar-refractivity contribution in [2.24, 2.45) is 0 Å². The largest absolute Gasteiger partial charge is 0.352 e. The van der Waals surface area contributed by atoms with E-state index in [1.807, 2.05) is 19.1 Å². The van der Waals surface area contributed by atoms with Gasteiger partial charge in [0.25, 0.3) is 10.0 Å². The first-order valence-electron chi connectivity index (χ1n) is 13.7. The first kappa shape index (κ1) is 29.3. The molecule has 1 fully saturated rings. The second-order valence-electron chi connectivity index (χ2n) is 10.1. The molecule has 0 heterocycles. The zero-order chi connectivity index (χ0) is 28.7. The standard InChI is InChI=1S/C31H36FN3O4S/c1-3-24-13-8-12-20-29(24)35(40(38,39)27-17-5-4-6-18-27)22-30(36)34(21-25-14-7-11-19-28(25)32)23(2)31(37)33-26-15-9-10-16-26/h4-8,11-14,17-20,23,26H,3,9-10,15-16,21-22H2,1-2H3,(H,33,37)/t23-/m1/s1. The van der Waals surface area contributed by atoms with Crippen molar-refractivity contribution in [1.82, 2.24) is 10.2 Å². The summed E-state index contributed by atoms with van der Waals surface area (Å²) in [6.45, 7) is 2.77. The van der Waals surface area contributed by atoms with Gasteiger partial charge in [-0.2, -0.15) is 0 Å². The molecule has 7 nitrogen and oxygen atoms in total. The molecule has 0 bridgehead atoms. The summed E-state index contributed by atoms with van der Waals surface area (Å²) in [5.41, 5.74) is 1.38. The van der Waals surface area contributed by atoms with Crippen LogP contribution in [0.2, 0.25) is 0 Å². The van der Waals surface area contributed by atoms with Gasteiger partial charge in [-0.15, -0.1) is 0 Å². The predicted octanol–water partition coefficient (Wildman–Crippen LogP) is 5.06. The van der Waals surface area contributed by atoms with Crippen LogP contribution in [0, 0.1) is 5.82 Å². The summed E-state index contributed by atoms with van der Waals surface area (Å²) >= 11 is 0. The number of nitrogens with zero attached hydrogens (tertiary/aromatic N) is 2. The second-order valence-corrected chi connectivity index (χ2v) is 11.9. The predicted molar refractivity (Wildman–Crippen MR) is 154 cm³/mol. The highest BCUT2D eigenvalue weighted by Gasteiger charge is 2.34. The highest BCUT2D eigenvalue weighted by Crippen LogP contribution is 2.28. The molecule has 0 spiro atoms. The Morgan fingerprint density at radius 1 is 0.925 bits per heavy atom. The summed E-state index contributed by atoms with van der Waals surface area (Å²) in [5, 5.41) is 3.02. The van der Waals surface area contributed by atoms with Gasteiger partial charge in [-0.25, -0.2) is 12.8 Å². The number of halogens is 1. The van der Waals surface area contributed by atoms with Crippen molar-refractivity contribution in [3.63, 3.8) is 0 Å². The number of nitrogens with one attached hydrogen (secondary N) is 1. The molecule has 1 aliphatic carbocycles. The van der Waals surface area contributed by atoms with E-state index < -0.39 is 34.3 Å². The molecule has 1 N–H and O–H groups in total. The lowest BCUT2D eigenvalue weighted by atomic mass is 10.1. The normalized spacial score (nSPS) is 14.5. The molecule has 0 aromatic heterocycles. The van der Waals surface area contributed by atoms with Gasteiger partial charge < -0.3 is 10.2 Å². The summed E-state index contributed by atoms with van der Waals surface area (Å²) in [5.74, 6) is -1.46. The van der Waals surface area contributed by atoms with E-state index in [0.29, 0.717) is 12.1 Å². The van der Waals surface area contributed by atoms with Gasteiger partial charge in [0, 0.05) is 18.2 Å². The number of benzene rings is 3. The summed E-state index contributed by atoms with van der Waals surface area (Å²) in [4.78, 5) is 28.6. The number of amides is 2. The Kier molecular flexibility index (Phi) is 9.58. The van der Waals surface area contributed by atoms with E-state index in [1.165, 1.54) is 23.1 Å². The SMILES string of the molecule is CCc1ccccc1N(CC(=O)N(Cc1ccccc1F)[C@H](C)C(=O)NC1CCCC1)S(=O)(=O)c1ccccc1. The number of aryl methyl sites for hydroxylation is 1. The summed E-state index contributed by atoms with van der Waals surface area (Å²) in [6.07, 6.45) is 4.35. The Labute approximate surface area is 236 Å². The van der Waals surface area contributed by atoms with Crippen LogP contribution in [-0.2, 0) is 32.6 Å². The van der Waals surface area contributed by atoms with Crippen LogP contribution in [0.4, 0.5) is 10.1 Å². The van der Waals surface area contributed by atoms with Crippen molar-refractivity contribution < 1.29 is 22.4 Å². The van der Waals surface area contributed by atoms with E-state index in [-0.39, 0.29) is 29.0 Å². The van der Waals surface area contributed by atoms with Crippen LogP contribution in [0.15, 0.2) is 83.8 Å². The van der Waals surface area contributed by atoms with E-state index in [0.717, 1.165) is 35.6 Å². The smallest absolute Gasteiger partial charge is 0.264 e. The number of sulfonamides is 1. The zero-order valence-corrected chi connectivity index (χ0v) is 23.7. The number of hydrogen-bond acceptors (Lipinski definition) is 4. The average molecular weight is 566 g/mol. The third-order valence-electron chi connectivity index (χ3n) is 7.42. The molecule has 9 heteroatoms. The minimum atomic E-state index is -4.15. The van der Waals surface area contributed by atoms with Gasteiger partial charge in [0.2, 0.25) is 11.8 Å². The zero-order valence-electron chi connectivity index (χ0n) is 22.9. The number of para-hydroxylation sites is 1. The topological polar surface area (TPSA) is 86.8 Å². The summed E-state index contributed by atoms with van der Waals surface area (Å²) < 4.78 is 43.6. The number of rotatable bonds is 11. The van der Waals surface area contributed by atoms with Crippen LogP contribution in [0.3, 0.4) is 0 Å². The van der Waals surface area contributed by atoms with Gasteiger partial charge in [-0.1, -0.05) is 74.4 Å². The van der Waals surface area contributed by atoms with E-state index in [1.54, 1.807) is 55.5 Å². The first-order chi connectivity index (χ1) is 19.2. The lowest BCUT2D eigenvalue weighted by Gasteiger charge is -2.33. The molecular weight excluding hydrogens is 529 g/mol. The summed E-state index contributed by atoms with van der Waals surface area (Å²) in [7, 11) is -4.15. The quantitative estimate of drug-likeness (QED) is 0.352. The summed E-state index contributed by atoms with van der Waals surface area (Å²) in [6, 6.07) is 20.1. The van der Waals surface area contributed by atoms with Crippen LogP contribution < -0.4 is 9.62 Å². The molecule has 0 saturated heterocycles. The Balaban J connectivity index is 1.71. The van der Waals surface area contributed by atoms with Gasteiger partial charge in [0.05, 0.1) is 10.6 Å². The Hall–Kier alpha value is -3.72. The second kappa shape index (κ2) is 13.1. The van der Waals surface area contributed by atoms with Crippen LogP contribution in [0.1, 0.15) is 50.7 Å². The first-order valence-corrected chi connectivity index (χ1v) is 15.1. The number of anilines is 1. The molecule has 3 aromatic carbocycles. The van der Waals surface area contributed by atoms with Crippen LogP contribution in [0.5, 0.6) is 0 Å². The van der Waals surface area contributed by atoms with E-state index in [4.69, 9.17) is 0 Å². The maximum atomic E-state index is 14.7. The molecule has 2 amide bonds. The Bertz CT molecular complexity index is 1430. The molecule has 3 aromatic rings. The fourth-order valence-corrected chi connectivity index (χ4v) is 6.54. The van der Waals surface area contributed by atoms with Crippen LogP contribution in [-0.4, -0.2) is 43.8 Å². The molecule has 0 aliphatic heterocycles. The molecule has 40 heavy (non-hydrogen) atoms. The number of hydrogen-bond donors (Lipinski definition) is 1. The fourth-order valence-electron chi connectivity index (χ4n) is 5.07. The molecule has 1 saturated carbocycles. The van der Waals surface area contributed by atoms with Crippen LogP contribution in [0.25, 0.3) is 0 Å². The molecule has 1 aliphatic rings. The minimum Gasteiger partial charge on any atom is -0.352 e. The molecule has 0 radical (unpaired) electrons. The lowest BCUT2D eigenvalue weighted by molar-refractivity contribution is -0.139. The molecule has 1 atom stereocenters. The van der Waals surface area contributed by atoms with Gasteiger partial charge >= 0.3 is 0 Å². The van der Waals surface area contributed by atoms with Gasteiger partial charge in [-0.05, 0) is 56.0 Å². The Morgan fingerprint density at radius 2 is 1.52 bits per heavy atom. The van der Waals surface area contributed by atoms with Gasteiger partial charge in [-0.3, -0.25) is 13.9 Å². The van der Waals surface area contributed by atoms with E-state index in [9.17, 15) is 22.4 Å². The fraction of sp³-hybridized carbons (Fsp3) is 0.355. The van der Waals surface area contributed by atoms with Gasteiger partial charge in [0.1, 0.15) is 18.4 Å². The van der Waals surface area contributed by atoms with Crippen LogP contribution >= 0.6 is 0 Å². The molecular formula is C31H36FN3O4S. The van der Waals surface area contributed by atoms with Gasteiger partial charge in [0.15, 0.2) is 0 Å². The van der Waals surface area contributed by atoms with Crippen molar-refractivity contribution in [3.05, 3.63) is 95.8 Å². The van der Waals surface area contributed by atoms with Crippen molar-refractivity contribution in [3.8, 4) is 0 Å². The highest BCUT2D eigenvalue weighted by atomic mass is 32.2. The molecule has 4 rings (SSSR count). The third-order valence-corrected chi connectivity index (χ3v) is 9.19. The maximum absolute atomic E-state index is 14.7. The molecule has 212 valence electrons. The minimum absolute atomic E-state index is 0.0340. The molecule has 0 unspecified atom stereocenters. The van der Waals surface area contributed by atoms with Crippen molar-refractivity contribution >= 4 is 27.5 Å². The lowest BCUT2D eigenvalue weighted by Crippen LogP contribution is -2.52.